The lowest BCUT2D eigenvalue weighted by atomic mass is 9.91. The molecule has 0 unspecified atom stereocenters. The molecule has 0 spiro atoms. The molecule has 0 aliphatic heterocycles. The monoisotopic (exact) mass is 257 g/mol. The summed E-state index contributed by atoms with van der Waals surface area (Å²) in [6.07, 6.45) is 4.74. The zero-order valence-electron chi connectivity index (χ0n) is 11.6. The third kappa shape index (κ3) is 2.67. The Bertz CT molecular complexity index is 550. The first kappa shape index (κ1) is 12.7. The van der Waals surface area contributed by atoms with Gasteiger partial charge >= 0.3 is 0 Å². The highest BCUT2D eigenvalue weighted by atomic mass is 14.9. The lowest BCUT2D eigenvalue weighted by Gasteiger charge is -2.27. The number of rotatable bonds is 3. The Morgan fingerprint density at radius 2 is 1.95 bits per heavy atom. The van der Waals surface area contributed by atoms with Crippen LogP contribution >= 0.6 is 0 Å². The van der Waals surface area contributed by atoms with E-state index in [-0.39, 0.29) is 0 Å². The minimum Gasteiger partial charge on any atom is -0.358 e. The van der Waals surface area contributed by atoms with Crippen LogP contribution in [0.5, 0.6) is 0 Å². The molecular formula is C16H23N3. The average molecular weight is 257 g/mol. The van der Waals surface area contributed by atoms with Gasteiger partial charge in [0.15, 0.2) is 0 Å². The largest absolute Gasteiger partial charge is 0.358 e. The number of hydrogen-bond acceptors (Lipinski definition) is 2. The van der Waals surface area contributed by atoms with Gasteiger partial charge in [-0.2, -0.15) is 0 Å². The average Bonchev–Trinajstić information content (AvgIpc) is 2.74. The maximum absolute atomic E-state index is 5.95. The zero-order valence-corrected chi connectivity index (χ0v) is 11.6. The van der Waals surface area contributed by atoms with E-state index in [0.29, 0.717) is 12.1 Å². The second-order valence-electron chi connectivity index (χ2n) is 5.77. The Balaban J connectivity index is 1.70. The summed E-state index contributed by atoms with van der Waals surface area (Å²) in [6.45, 7) is 3.11. The van der Waals surface area contributed by atoms with Crippen molar-refractivity contribution in [1.82, 2.24) is 10.3 Å². The van der Waals surface area contributed by atoms with Crippen molar-refractivity contribution in [1.29, 1.82) is 0 Å². The lowest BCUT2D eigenvalue weighted by molar-refractivity contribution is 0.342. The summed E-state index contributed by atoms with van der Waals surface area (Å²) in [5, 5.41) is 5.05. The van der Waals surface area contributed by atoms with Gasteiger partial charge in [0.25, 0.3) is 0 Å². The van der Waals surface area contributed by atoms with Gasteiger partial charge in [-0.05, 0) is 44.2 Å². The predicted molar refractivity (Wildman–Crippen MR) is 80.1 cm³/mol. The van der Waals surface area contributed by atoms with E-state index >= 15 is 0 Å². The summed E-state index contributed by atoms with van der Waals surface area (Å²) in [7, 11) is 0. The molecule has 1 heterocycles. The van der Waals surface area contributed by atoms with E-state index in [0.717, 1.165) is 19.4 Å². The molecule has 0 bridgehead atoms. The van der Waals surface area contributed by atoms with Crippen molar-refractivity contribution in [2.75, 3.05) is 0 Å². The fraction of sp³-hybridized carbons (Fsp3) is 0.500. The predicted octanol–water partition coefficient (Wildman–Crippen LogP) is 2.84. The number of hydrogen-bond donors (Lipinski definition) is 3. The van der Waals surface area contributed by atoms with Crippen molar-refractivity contribution >= 4 is 10.9 Å². The van der Waals surface area contributed by atoms with Crippen LogP contribution in [0.2, 0.25) is 0 Å². The topological polar surface area (TPSA) is 53.8 Å². The number of nitrogens with one attached hydrogen (secondary N) is 2. The maximum atomic E-state index is 5.95. The molecule has 4 N–H and O–H groups in total. The third-order valence-corrected chi connectivity index (χ3v) is 4.37. The molecule has 1 aromatic carbocycles. The zero-order chi connectivity index (χ0) is 13.2. The highest BCUT2D eigenvalue weighted by Crippen LogP contribution is 2.23. The summed E-state index contributed by atoms with van der Waals surface area (Å²) in [6, 6.07) is 9.59. The maximum Gasteiger partial charge on any atom is 0.0459 e. The summed E-state index contributed by atoms with van der Waals surface area (Å²) >= 11 is 0. The van der Waals surface area contributed by atoms with E-state index in [2.05, 4.69) is 41.5 Å². The van der Waals surface area contributed by atoms with Crippen molar-refractivity contribution < 1.29 is 0 Å². The molecular weight excluding hydrogens is 234 g/mol. The van der Waals surface area contributed by atoms with Crippen LogP contribution in [0.1, 0.15) is 36.9 Å². The molecule has 1 aliphatic rings. The number of aryl methyl sites for hydroxylation is 1. The van der Waals surface area contributed by atoms with Gasteiger partial charge in [0.1, 0.15) is 0 Å². The van der Waals surface area contributed by atoms with E-state index in [1.807, 2.05) is 0 Å². The quantitative estimate of drug-likeness (QED) is 0.792. The number of benzene rings is 1. The normalized spacial score (nSPS) is 23.9. The van der Waals surface area contributed by atoms with Crippen LogP contribution in [0, 0.1) is 6.92 Å². The van der Waals surface area contributed by atoms with Gasteiger partial charge in [-0.3, -0.25) is 0 Å². The molecule has 0 amide bonds. The van der Waals surface area contributed by atoms with Crippen molar-refractivity contribution in [3.05, 3.63) is 35.5 Å². The fourth-order valence-electron chi connectivity index (χ4n) is 3.13. The summed E-state index contributed by atoms with van der Waals surface area (Å²) in [4.78, 5) is 3.46. The van der Waals surface area contributed by atoms with Crippen LogP contribution in [0.3, 0.4) is 0 Å². The molecule has 0 radical (unpaired) electrons. The van der Waals surface area contributed by atoms with Crippen molar-refractivity contribution in [3.63, 3.8) is 0 Å². The Morgan fingerprint density at radius 3 is 2.74 bits per heavy atom. The summed E-state index contributed by atoms with van der Waals surface area (Å²) < 4.78 is 0. The second-order valence-corrected chi connectivity index (χ2v) is 5.77. The first-order valence-corrected chi connectivity index (χ1v) is 7.29. The van der Waals surface area contributed by atoms with Crippen molar-refractivity contribution in [2.45, 2.75) is 51.2 Å². The SMILES string of the molecule is Cc1[nH]c2ccccc2c1CNC1CCC(N)CC1. The molecule has 1 aliphatic carbocycles. The smallest absolute Gasteiger partial charge is 0.0459 e. The molecule has 1 aromatic heterocycles. The van der Waals surface area contributed by atoms with Crippen LogP contribution < -0.4 is 11.1 Å². The number of nitrogens with two attached hydrogens (primary N) is 1. The fourth-order valence-corrected chi connectivity index (χ4v) is 3.13. The van der Waals surface area contributed by atoms with Gasteiger partial charge in [-0.15, -0.1) is 0 Å². The van der Waals surface area contributed by atoms with Crippen LogP contribution in [0.15, 0.2) is 24.3 Å². The Morgan fingerprint density at radius 1 is 1.21 bits per heavy atom. The highest BCUT2D eigenvalue weighted by Gasteiger charge is 2.18. The summed E-state index contributed by atoms with van der Waals surface area (Å²) in [5.41, 5.74) is 9.88. The number of aromatic amines is 1. The van der Waals surface area contributed by atoms with Gasteiger partial charge in [0.05, 0.1) is 0 Å². The van der Waals surface area contributed by atoms with Gasteiger partial charge in [0, 0.05) is 35.2 Å². The number of aromatic nitrogens is 1. The molecule has 19 heavy (non-hydrogen) atoms. The van der Waals surface area contributed by atoms with E-state index in [1.54, 1.807) is 0 Å². The second kappa shape index (κ2) is 5.35. The molecule has 102 valence electrons. The highest BCUT2D eigenvalue weighted by molar-refractivity contribution is 5.84. The Hall–Kier alpha value is -1.32. The molecule has 3 nitrogen and oxygen atoms in total. The third-order valence-electron chi connectivity index (χ3n) is 4.37. The van der Waals surface area contributed by atoms with Crippen molar-refractivity contribution in [2.24, 2.45) is 5.73 Å². The van der Waals surface area contributed by atoms with Crippen molar-refractivity contribution in [3.8, 4) is 0 Å². The standard InChI is InChI=1S/C16H23N3/c1-11-15(14-4-2-3-5-16(14)19-11)10-18-13-8-6-12(17)7-9-13/h2-5,12-13,18-19H,6-10,17H2,1H3. The minimum absolute atomic E-state index is 0.424. The number of para-hydroxylation sites is 1. The van der Waals surface area contributed by atoms with Gasteiger partial charge in [-0.1, -0.05) is 18.2 Å². The Labute approximate surface area is 114 Å². The summed E-state index contributed by atoms with van der Waals surface area (Å²) in [5.74, 6) is 0. The van der Waals surface area contributed by atoms with Gasteiger partial charge in [-0.25, -0.2) is 0 Å². The lowest BCUT2D eigenvalue weighted by Crippen LogP contribution is -2.37. The van der Waals surface area contributed by atoms with Gasteiger partial charge < -0.3 is 16.0 Å². The molecule has 1 fully saturated rings. The Kier molecular flexibility index (Phi) is 3.58. The number of fused-ring (bicyclic) bond motifs is 1. The first-order chi connectivity index (χ1) is 9.24. The molecule has 2 aromatic rings. The van der Waals surface area contributed by atoms with Crippen LogP contribution in [0.4, 0.5) is 0 Å². The van der Waals surface area contributed by atoms with E-state index in [1.165, 1.54) is 35.0 Å². The van der Waals surface area contributed by atoms with Crippen LogP contribution in [-0.4, -0.2) is 17.1 Å². The molecule has 0 saturated heterocycles. The molecule has 0 atom stereocenters. The van der Waals surface area contributed by atoms with Crippen LogP contribution in [-0.2, 0) is 6.54 Å². The number of H-pyrrole nitrogens is 1. The molecule has 1 saturated carbocycles. The molecule has 3 heteroatoms. The van der Waals surface area contributed by atoms with Gasteiger partial charge in [0.2, 0.25) is 0 Å². The van der Waals surface area contributed by atoms with E-state index in [4.69, 9.17) is 5.73 Å². The van der Waals surface area contributed by atoms with E-state index in [9.17, 15) is 0 Å². The van der Waals surface area contributed by atoms with E-state index < -0.39 is 0 Å². The van der Waals surface area contributed by atoms with Crippen LogP contribution in [0.25, 0.3) is 10.9 Å². The first-order valence-electron chi connectivity index (χ1n) is 7.29. The minimum atomic E-state index is 0.424. The molecule has 3 rings (SSSR count).